The van der Waals surface area contributed by atoms with Crippen molar-refractivity contribution in [3.8, 4) is 11.6 Å². The second-order valence-corrected chi connectivity index (χ2v) is 16.6. The summed E-state index contributed by atoms with van der Waals surface area (Å²) in [4.78, 5) is 64.1. The minimum Gasteiger partial charge on any atom is -0.497 e. The molecule has 1 aromatic carbocycles. The molecule has 2 aliphatic heterocycles. The van der Waals surface area contributed by atoms with Gasteiger partial charge in [-0.1, -0.05) is 26.0 Å². The van der Waals surface area contributed by atoms with Crippen molar-refractivity contribution in [1.29, 1.82) is 0 Å². The number of hydrogen-bond acceptors (Lipinski definition) is 10. The van der Waals surface area contributed by atoms with Gasteiger partial charge in [-0.2, -0.15) is 0 Å². The lowest BCUT2D eigenvalue weighted by molar-refractivity contribution is -0.142. The molecule has 2 aliphatic carbocycles. The van der Waals surface area contributed by atoms with E-state index in [0.717, 1.165) is 6.42 Å². The van der Waals surface area contributed by atoms with Crippen LogP contribution in [0.15, 0.2) is 36.7 Å². The van der Waals surface area contributed by atoms with Crippen LogP contribution in [0.4, 0.5) is 4.79 Å². The number of nitrogens with one attached hydrogen (secondary N) is 3. The number of carbonyl (C=O) groups is 4. The smallest absolute Gasteiger partial charge is 0.405 e. The molecule has 2 saturated carbocycles. The van der Waals surface area contributed by atoms with E-state index >= 15 is 0 Å². The van der Waals surface area contributed by atoms with Crippen molar-refractivity contribution in [1.82, 2.24) is 30.2 Å². The second kappa shape index (κ2) is 13.3. The Morgan fingerprint density at radius 1 is 1.14 bits per heavy atom. The van der Waals surface area contributed by atoms with Crippen molar-refractivity contribution in [3.63, 3.8) is 0 Å². The molecular formula is C34H44N6O9S. The molecule has 1 saturated heterocycles. The molecule has 16 heteroatoms. The zero-order valence-corrected chi connectivity index (χ0v) is 29.4. The Morgan fingerprint density at radius 2 is 1.90 bits per heavy atom. The molecule has 0 radical (unpaired) electrons. The Labute approximate surface area is 290 Å². The normalized spacial score (nSPS) is 30.9. The Hall–Kier alpha value is -4.47. The maximum Gasteiger partial charge on any atom is 0.405 e. The van der Waals surface area contributed by atoms with Gasteiger partial charge >= 0.3 is 6.09 Å². The number of carboxylic acid groups (broad SMARTS) is 1. The van der Waals surface area contributed by atoms with Crippen molar-refractivity contribution in [2.24, 2.45) is 17.8 Å². The third kappa shape index (κ3) is 6.94. The van der Waals surface area contributed by atoms with E-state index < -0.39 is 74.1 Å². The van der Waals surface area contributed by atoms with Gasteiger partial charge in [0.1, 0.15) is 35.8 Å². The van der Waals surface area contributed by atoms with Crippen molar-refractivity contribution < 1.29 is 42.2 Å². The molecule has 0 unspecified atom stereocenters. The van der Waals surface area contributed by atoms with Gasteiger partial charge in [0.2, 0.25) is 27.7 Å². The Bertz CT molecular complexity index is 1830. The van der Waals surface area contributed by atoms with Gasteiger partial charge in [-0.3, -0.25) is 19.1 Å². The van der Waals surface area contributed by atoms with Gasteiger partial charge in [-0.15, -0.1) is 0 Å². The van der Waals surface area contributed by atoms with Gasteiger partial charge in [0.15, 0.2) is 0 Å². The molecule has 6 rings (SSSR count). The highest BCUT2D eigenvalue weighted by Gasteiger charge is 2.63. The molecule has 0 bridgehead atoms. The fraction of sp³-hybridized carbons (Fsp3) is 0.588. The van der Waals surface area contributed by atoms with Crippen LogP contribution in [-0.2, 0) is 24.4 Å². The molecule has 15 nitrogen and oxygen atoms in total. The molecule has 3 heterocycles. The molecule has 0 spiro atoms. The molecule has 7 atom stereocenters. The molecule has 4 aliphatic rings. The minimum atomic E-state index is -4.00. The molecule has 1 aromatic heterocycles. The van der Waals surface area contributed by atoms with Crippen LogP contribution in [0.2, 0.25) is 0 Å². The fourth-order valence-electron chi connectivity index (χ4n) is 7.12. The predicted molar refractivity (Wildman–Crippen MR) is 181 cm³/mol. The van der Waals surface area contributed by atoms with Crippen LogP contribution in [0.1, 0.15) is 65.7 Å². The predicted octanol–water partition coefficient (Wildman–Crippen LogP) is 2.51. The maximum absolute atomic E-state index is 14.3. The number of sulfonamides is 1. The van der Waals surface area contributed by atoms with Crippen molar-refractivity contribution in [2.75, 3.05) is 13.7 Å². The van der Waals surface area contributed by atoms with Crippen LogP contribution in [0, 0.1) is 17.8 Å². The Kier molecular flexibility index (Phi) is 9.43. The molecule has 270 valence electrons. The first-order valence-corrected chi connectivity index (χ1v) is 18.5. The summed E-state index contributed by atoms with van der Waals surface area (Å²) in [6.07, 6.45) is 5.94. The van der Waals surface area contributed by atoms with E-state index in [4.69, 9.17) is 9.47 Å². The van der Waals surface area contributed by atoms with Crippen LogP contribution in [0.3, 0.4) is 0 Å². The molecule has 2 aromatic rings. The molecular weight excluding hydrogens is 668 g/mol. The minimum absolute atomic E-state index is 0.00161. The van der Waals surface area contributed by atoms with E-state index in [1.54, 1.807) is 32.0 Å². The fourth-order valence-corrected chi connectivity index (χ4v) is 8.43. The number of hydrogen-bond donors (Lipinski definition) is 4. The monoisotopic (exact) mass is 712 g/mol. The van der Waals surface area contributed by atoms with Gasteiger partial charge in [0.25, 0.3) is 5.91 Å². The molecule has 3 fully saturated rings. The number of fused-ring (bicyclic) bond motifs is 3. The third-order valence-corrected chi connectivity index (χ3v) is 12.8. The lowest BCUT2D eigenvalue weighted by Gasteiger charge is -2.32. The van der Waals surface area contributed by atoms with E-state index in [-0.39, 0.29) is 31.2 Å². The number of carbonyl (C=O) groups excluding carboxylic acids is 3. The Balaban J connectivity index is 1.33. The molecule has 50 heavy (non-hydrogen) atoms. The van der Waals surface area contributed by atoms with E-state index in [2.05, 4.69) is 25.3 Å². The zero-order chi connectivity index (χ0) is 36.0. The van der Waals surface area contributed by atoms with Crippen LogP contribution in [-0.4, -0.2) is 94.3 Å². The third-order valence-electron chi connectivity index (χ3n) is 10.6. The van der Waals surface area contributed by atoms with Crippen LogP contribution in [0.25, 0.3) is 10.9 Å². The summed E-state index contributed by atoms with van der Waals surface area (Å²) in [7, 11) is -2.46. The maximum atomic E-state index is 14.3. The van der Waals surface area contributed by atoms with E-state index in [9.17, 15) is 32.7 Å². The van der Waals surface area contributed by atoms with Gasteiger partial charge in [-0.25, -0.2) is 23.2 Å². The number of rotatable bonds is 7. The first kappa shape index (κ1) is 35.4. The van der Waals surface area contributed by atoms with Gasteiger partial charge in [0, 0.05) is 18.4 Å². The highest BCUT2D eigenvalue weighted by atomic mass is 32.2. The number of benzene rings is 1. The number of methoxy groups -OCH3 is 1. The number of nitrogens with zero attached hydrogens (tertiary/aromatic N) is 3. The summed E-state index contributed by atoms with van der Waals surface area (Å²) in [5.74, 6) is -2.03. The van der Waals surface area contributed by atoms with E-state index in [1.807, 2.05) is 19.1 Å². The summed E-state index contributed by atoms with van der Waals surface area (Å²) in [6.45, 7) is 5.33. The summed E-state index contributed by atoms with van der Waals surface area (Å²) in [6, 6.07) is 2.87. The topological polar surface area (TPSA) is 206 Å². The number of aromatic nitrogens is 2. The van der Waals surface area contributed by atoms with E-state index in [1.165, 1.54) is 18.3 Å². The summed E-state index contributed by atoms with van der Waals surface area (Å²) < 4.78 is 38.9. The Morgan fingerprint density at radius 3 is 2.60 bits per heavy atom. The van der Waals surface area contributed by atoms with E-state index in [0.29, 0.717) is 42.3 Å². The van der Waals surface area contributed by atoms with Gasteiger partial charge in [-0.05, 0) is 69.4 Å². The van der Waals surface area contributed by atoms with Crippen LogP contribution in [0.5, 0.6) is 11.6 Å². The SMILES string of the molecule is COc1ccc2c(O[C@@H]3C[C@H]4C(=O)N[C@]5(C(=O)NS(=O)(=O)C6(C)CC6)C[C@H]5C=CCC[C@@H](C)C[C@@H](C)[C@H](NC(=O)O)C(=O)N4C3)ncnc2c1. The van der Waals surface area contributed by atoms with Crippen molar-refractivity contribution >= 4 is 44.7 Å². The lowest BCUT2D eigenvalue weighted by Crippen LogP contribution is -2.59. The molecule has 4 amide bonds. The van der Waals surface area contributed by atoms with Crippen LogP contribution >= 0.6 is 0 Å². The van der Waals surface area contributed by atoms with Gasteiger partial charge in [0.05, 0.1) is 29.3 Å². The average Bonchev–Trinajstić information content (AvgIpc) is 3.95. The zero-order valence-electron chi connectivity index (χ0n) is 28.5. The molecule has 4 N–H and O–H groups in total. The summed E-state index contributed by atoms with van der Waals surface area (Å²) >= 11 is 0. The standard InChI is InChI=1S/C34H44N6O9S/c1-19-7-5-6-8-21-16-34(21,31(43)39-50(46,47)33(3)11-12-33)38-28(41)26-15-23(17-40(26)30(42)27(20(2)13-19)37-32(44)45)49-29-24-10-9-22(48-4)14-25(24)35-18-36-29/h6,8-10,14,18-21,23,26-27,37H,5,7,11-13,15-17H2,1-4H3,(H,38,41)(H,39,43)(H,44,45)/t19-,20-,21-,23-,26+,27+,34-/m1/s1. The second-order valence-electron chi connectivity index (χ2n) is 14.5. The van der Waals surface area contributed by atoms with Crippen molar-refractivity contribution in [2.45, 2.75) is 94.2 Å². The number of amides is 4. The highest BCUT2D eigenvalue weighted by Crippen LogP contribution is 2.47. The van der Waals surface area contributed by atoms with Crippen LogP contribution < -0.4 is 24.8 Å². The van der Waals surface area contributed by atoms with Crippen molar-refractivity contribution in [3.05, 3.63) is 36.7 Å². The lowest BCUT2D eigenvalue weighted by atomic mass is 9.88. The highest BCUT2D eigenvalue weighted by molar-refractivity contribution is 7.91. The number of allylic oxidation sites excluding steroid dienone is 1. The first-order valence-electron chi connectivity index (χ1n) is 17.0. The number of ether oxygens (including phenoxy) is 2. The quantitative estimate of drug-likeness (QED) is 0.307. The first-order chi connectivity index (χ1) is 23.7. The summed E-state index contributed by atoms with van der Waals surface area (Å²) in [5, 5.41) is 15.5. The summed E-state index contributed by atoms with van der Waals surface area (Å²) in [5.41, 5.74) is -0.986. The largest absolute Gasteiger partial charge is 0.497 e. The van der Waals surface area contributed by atoms with Gasteiger partial charge < -0.3 is 30.1 Å². The average molecular weight is 713 g/mol.